The van der Waals surface area contributed by atoms with E-state index in [0.717, 1.165) is 0 Å². The second-order valence-electron chi connectivity index (χ2n) is 1.14. The molecule has 0 unspecified atom stereocenters. The summed E-state index contributed by atoms with van der Waals surface area (Å²) in [4.78, 5) is 20.1. The van der Waals surface area contributed by atoms with Gasteiger partial charge in [0.1, 0.15) is 0 Å². The smallest absolute Gasteiger partial charge is 0.207 e. The van der Waals surface area contributed by atoms with Crippen molar-refractivity contribution < 1.29 is 9.59 Å². The Kier molecular flexibility index (Phi) is 71.6. The Morgan fingerprint density at radius 1 is 1.00 bits per heavy atom. The molecule has 12 heavy (non-hydrogen) atoms. The second kappa shape index (κ2) is 22.9. The van der Waals surface area contributed by atoms with Crippen molar-refractivity contribution >= 4 is 91.7 Å². The average molecular weight is 289 g/mol. The maximum atomic E-state index is 10.1. The Bertz CT molecular complexity index is 106. The molecule has 0 aromatic heterocycles. The summed E-state index contributed by atoms with van der Waals surface area (Å²) < 4.78 is 0. The minimum atomic E-state index is -0.427. The molecule has 0 fully saturated rings. The van der Waals surface area contributed by atoms with E-state index in [1.54, 1.807) is 0 Å². The summed E-state index contributed by atoms with van der Waals surface area (Å²) >= 11 is 3.58. The number of Topliss-reactive ketones (excluding diaryl/α,β-unsaturated/α-hetero) is 2. The third-order valence-electron chi connectivity index (χ3n) is 0.536. The highest BCUT2D eigenvalue weighted by molar-refractivity contribution is 7.81. The van der Waals surface area contributed by atoms with Crippen LogP contribution in [-0.4, -0.2) is 17.3 Å². The number of carbonyl (C=O) groups is 2. The van der Waals surface area contributed by atoms with Crippen LogP contribution in [0.1, 0.15) is 6.92 Å². The lowest BCUT2D eigenvalue weighted by atomic mass is 10.3. The Labute approximate surface area is 113 Å². The molecule has 0 radical (unpaired) electrons. The Hall–Kier alpha value is 1.44. The third kappa shape index (κ3) is 22.5. The molecule has 0 aliphatic heterocycles. The molecular formula is C4H16O2S6. The molecule has 0 aliphatic rings. The molecule has 0 spiro atoms. The van der Waals surface area contributed by atoms with Crippen molar-refractivity contribution in [3.05, 3.63) is 0 Å². The van der Waals surface area contributed by atoms with Crippen LogP contribution in [0.4, 0.5) is 0 Å². The third-order valence-corrected chi connectivity index (χ3v) is 0.823. The van der Waals surface area contributed by atoms with Gasteiger partial charge in [-0.15, -0.1) is 0 Å². The predicted molar refractivity (Wildman–Crippen MR) is 81.4 cm³/mol. The molecule has 8 heteroatoms. The number of hydrogen-bond acceptors (Lipinski definition) is 3. The number of carbonyl (C=O) groups excluding carboxylic acids is 2. The number of thiol groups is 1. The largest absolute Gasteiger partial charge is 0.291 e. The van der Waals surface area contributed by atoms with Gasteiger partial charge in [-0.1, -0.05) is 0 Å². The lowest BCUT2D eigenvalue weighted by Gasteiger charge is -1.81. The van der Waals surface area contributed by atoms with E-state index in [1.165, 1.54) is 6.92 Å². The number of ketones is 2. The van der Waals surface area contributed by atoms with E-state index in [2.05, 4.69) is 12.6 Å². The van der Waals surface area contributed by atoms with Crippen LogP contribution in [-0.2, 0) is 9.59 Å². The fourth-order valence-corrected chi connectivity index (χ4v) is 0.334. The van der Waals surface area contributed by atoms with Gasteiger partial charge in [-0.3, -0.25) is 9.59 Å². The first-order valence-electron chi connectivity index (χ1n) is 1.83. The monoisotopic (exact) mass is 288 g/mol. The van der Waals surface area contributed by atoms with Crippen LogP contribution in [0.25, 0.3) is 0 Å². The van der Waals surface area contributed by atoms with Crippen molar-refractivity contribution in [2.75, 3.05) is 5.75 Å². The first-order valence-corrected chi connectivity index (χ1v) is 2.46. The fourth-order valence-electron chi connectivity index (χ4n) is 0.111. The van der Waals surface area contributed by atoms with Crippen molar-refractivity contribution in [1.82, 2.24) is 0 Å². The van der Waals surface area contributed by atoms with Crippen LogP contribution in [0, 0.1) is 0 Å². The molecule has 0 bridgehead atoms. The van der Waals surface area contributed by atoms with E-state index in [1.807, 2.05) is 0 Å². The maximum absolute atomic E-state index is 10.1. The van der Waals surface area contributed by atoms with Gasteiger partial charge in [-0.05, 0) is 0 Å². The van der Waals surface area contributed by atoms with Crippen molar-refractivity contribution in [3.63, 3.8) is 0 Å². The van der Waals surface area contributed by atoms with E-state index in [4.69, 9.17) is 0 Å². The SMILES string of the molecule is CC(=O)C(=O)CS.S.S.S.S.S. The first kappa shape index (κ1) is 37.6. The average Bonchev–Trinajstić information content (AvgIpc) is 1.65. The van der Waals surface area contributed by atoms with Gasteiger partial charge in [0.25, 0.3) is 0 Å². The molecule has 0 atom stereocenters. The normalized spacial score (nSPS) is 4.83. The summed E-state index contributed by atoms with van der Waals surface area (Å²) in [6.45, 7) is 1.23. The standard InChI is InChI=1S/C4H6O2S.5H2S/c1-3(5)4(6)2-7;;;;;/h7H,2H2,1H3;5*1H2. The summed E-state index contributed by atoms with van der Waals surface area (Å²) in [7, 11) is 0. The first-order chi connectivity index (χ1) is 3.18. The highest BCUT2D eigenvalue weighted by atomic mass is 32.1. The van der Waals surface area contributed by atoms with Crippen molar-refractivity contribution in [3.8, 4) is 0 Å². The van der Waals surface area contributed by atoms with Gasteiger partial charge in [0, 0.05) is 6.92 Å². The molecule has 0 aromatic carbocycles. The predicted octanol–water partition coefficient (Wildman–Crippen LogP) is 0.638. The minimum Gasteiger partial charge on any atom is -0.291 e. The zero-order chi connectivity index (χ0) is 5.86. The van der Waals surface area contributed by atoms with Crippen LogP contribution >= 0.6 is 80.1 Å². The van der Waals surface area contributed by atoms with Gasteiger partial charge in [0.05, 0.1) is 5.75 Å². The van der Waals surface area contributed by atoms with E-state index >= 15 is 0 Å². The van der Waals surface area contributed by atoms with Crippen LogP contribution in [0.2, 0.25) is 0 Å². The van der Waals surface area contributed by atoms with Crippen LogP contribution in [0.5, 0.6) is 0 Å². The van der Waals surface area contributed by atoms with Crippen LogP contribution in [0.15, 0.2) is 0 Å². The molecule has 0 aliphatic carbocycles. The lowest BCUT2D eigenvalue weighted by molar-refractivity contribution is -0.133. The van der Waals surface area contributed by atoms with Gasteiger partial charge in [0.2, 0.25) is 5.78 Å². The molecular weight excluding hydrogens is 272 g/mol. The highest BCUT2D eigenvalue weighted by Gasteiger charge is 2.01. The van der Waals surface area contributed by atoms with Crippen LogP contribution in [0.3, 0.4) is 0 Å². The zero-order valence-electron chi connectivity index (χ0n) is 6.47. The minimum absolute atomic E-state index is 0. The summed E-state index contributed by atoms with van der Waals surface area (Å²) in [5.74, 6) is -0.826. The summed E-state index contributed by atoms with van der Waals surface area (Å²) in [6, 6.07) is 0. The molecule has 0 saturated heterocycles. The Morgan fingerprint density at radius 3 is 1.25 bits per heavy atom. The molecule has 0 saturated carbocycles. The van der Waals surface area contributed by atoms with E-state index in [-0.39, 0.29) is 73.2 Å². The molecule has 0 aromatic rings. The number of hydrogen-bond donors (Lipinski definition) is 1. The van der Waals surface area contributed by atoms with Crippen molar-refractivity contribution in [2.45, 2.75) is 6.92 Å². The maximum Gasteiger partial charge on any atom is 0.207 e. The summed E-state index contributed by atoms with van der Waals surface area (Å²) in [5, 5.41) is 0. The van der Waals surface area contributed by atoms with Gasteiger partial charge >= 0.3 is 0 Å². The van der Waals surface area contributed by atoms with Gasteiger partial charge in [-0.25, -0.2) is 0 Å². The topological polar surface area (TPSA) is 34.1 Å². The van der Waals surface area contributed by atoms with Crippen molar-refractivity contribution in [2.24, 2.45) is 0 Å². The molecule has 0 N–H and O–H groups in total. The molecule has 0 rings (SSSR count). The van der Waals surface area contributed by atoms with Crippen LogP contribution < -0.4 is 0 Å². The Morgan fingerprint density at radius 2 is 1.25 bits per heavy atom. The highest BCUT2D eigenvalue weighted by Crippen LogP contribution is 1.77. The molecule has 80 valence electrons. The van der Waals surface area contributed by atoms with E-state index in [9.17, 15) is 9.59 Å². The summed E-state index contributed by atoms with van der Waals surface area (Å²) in [6.07, 6.45) is 0. The van der Waals surface area contributed by atoms with E-state index in [0.29, 0.717) is 0 Å². The molecule has 0 amide bonds. The van der Waals surface area contributed by atoms with Gasteiger partial charge in [0.15, 0.2) is 5.78 Å². The lowest BCUT2D eigenvalue weighted by Crippen LogP contribution is -2.09. The fraction of sp³-hybridized carbons (Fsp3) is 0.500. The summed E-state index contributed by atoms with van der Waals surface area (Å²) in [5.41, 5.74) is 0. The Balaban J connectivity index is -0.0000000180. The molecule has 2 nitrogen and oxygen atoms in total. The second-order valence-corrected chi connectivity index (χ2v) is 1.45. The quantitative estimate of drug-likeness (QED) is 0.598. The van der Waals surface area contributed by atoms with Gasteiger partial charge < -0.3 is 0 Å². The molecule has 0 heterocycles. The zero-order valence-corrected chi connectivity index (χ0v) is 12.4. The number of rotatable bonds is 2. The van der Waals surface area contributed by atoms with E-state index < -0.39 is 11.6 Å². The van der Waals surface area contributed by atoms with Gasteiger partial charge in [-0.2, -0.15) is 80.1 Å². The van der Waals surface area contributed by atoms with Crippen molar-refractivity contribution in [1.29, 1.82) is 0 Å².